The monoisotopic (exact) mass is 205 g/mol. The van der Waals surface area contributed by atoms with Gasteiger partial charge in [-0.3, -0.25) is 9.78 Å². The molecule has 1 aliphatic rings. The van der Waals surface area contributed by atoms with E-state index in [0.29, 0.717) is 5.69 Å². The van der Waals surface area contributed by atoms with Gasteiger partial charge in [-0.25, -0.2) is 0 Å². The number of aromatic nitrogens is 1. The van der Waals surface area contributed by atoms with Crippen LogP contribution in [-0.2, 0) is 0 Å². The molecule has 0 aliphatic carbocycles. The van der Waals surface area contributed by atoms with Crippen LogP contribution in [0.1, 0.15) is 10.5 Å². The minimum Gasteiger partial charge on any atom is -0.367 e. The number of nitrogens with zero attached hydrogens (tertiary/aromatic N) is 3. The first-order valence-corrected chi connectivity index (χ1v) is 5.15. The molecule has 0 N–H and O–H groups in total. The Hall–Kier alpha value is -1.42. The van der Waals surface area contributed by atoms with Crippen molar-refractivity contribution in [1.82, 2.24) is 9.88 Å². The number of anilines is 1. The summed E-state index contributed by atoms with van der Waals surface area (Å²) in [5.74, 6) is 0. The molecule has 0 unspecified atom stereocenters. The normalized spacial score (nSPS) is 17.8. The minimum absolute atomic E-state index is 0.544. The van der Waals surface area contributed by atoms with E-state index in [0.717, 1.165) is 38.2 Å². The minimum atomic E-state index is 0.544. The van der Waals surface area contributed by atoms with Crippen LogP contribution < -0.4 is 4.90 Å². The molecule has 0 bridgehead atoms. The number of carbonyl (C=O) groups is 1. The van der Waals surface area contributed by atoms with Gasteiger partial charge in [0.2, 0.25) is 0 Å². The van der Waals surface area contributed by atoms with E-state index in [2.05, 4.69) is 21.8 Å². The molecule has 80 valence electrons. The largest absolute Gasteiger partial charge is 0.367 e. The third-order valence-electron chi connectivity index (χ3n) is 2.77. The van der Waals surface area contributed by atoms with Crippen molar-refractivity contribution in [2.75, 3.05) is 38.1 Å². The summed E-state index contributed by atoms with van der Waals surface area (Å²) >= 11 is 0. The first-order valence-electron chi connectivity index (χ1n) is 5.15. The summed E-state index contributed by atoms with van der Waals surface area (Å²) in [6, 6.07) is 3.84. The summed E-state index contributed by atoms with van der Waals surface area (Å²) in [5.41, 5.74) is 1.50. The van der Waals surface area contributed by atoms with Gasteiger partial charge in [-0.2, -0.15) is 0 Å². The van der Waals surface area contributed by atoms with E-state index in [1.165, 1.54) is 0 Å². The first kappa shape index (κ1) is 10.1. The number of likely N-dealkylation sites (N-methyl/N-ethyl adjacent to an activating group) is 1. The second-order valence-electron chi connectivity index (χ2n) is 3.82. The molecule has 4 nitrogen and oxygen atoms in total. The van der Waals surface area contributed by atoms with Gasteiger partial charge in [-0.1, -0.05) is 0 Å². The molecule has 0 spiro atoms. The van der Waals surface area contributed by atoms with Crippen molar-refractivity contribution in [2.24, 2.45) is 0 Å². The second-order valence-corrected chi connectivity index (χ2v) is 3.82. The van der Waals surface area contributed by atoms with Gasteiger partial charge in [-0.05, 0) is 19.2 Å². The molecule has 4 heteroatoms. The Kier molecular flexibility index (Phi) is 2.97. The average molecular weight is 205 g/mol. The molecular weight excluding hydrogens is 190 g/mol. The van der Waals surface area contributed by atoms with E-state index in [4.69, 9.17) is 0 Å². The SMILES string of the molecule is CN1CCN(c2cccnc2C=O)CC1. The van der Waals surface area contributed by atoms with E-state index in [1.54, 1.807) is 6.20 Å². The fourth-order valence-corrected chi connectivity index (χ4v) is 1.81. The first-order chi connectivity index (χ1) is 7.31. The fraction of sp³-hybridized carbons (Fsp3) is 0.455. The van der Waals surface area contributed by atoms with Crippen molar-refractivity contribution < 1.29 is 4.79 Å². The molecule has 1 aromatic rings. The highest BCUT2D eigenvalue weighted by molar-refractivity contribution is 5.81. The van der Waals surface area contributed by atoms with E-state index >= 15 is 0 Å². The molecule has 15 heavy (non-hydrogen) atoms. The van der Waals surface area contributed by atoms with E-state index < -0.39 is 0 Å². The highest BCUT2D eigenvalue weighted by Gasteiger charge is 2.16. The van der Waals surface area contributed by atoms with Crippen LogP contribution in [0.4, 0.5) is 5.69 Å². The van der Waals surface area contributed by atoms with Crippen LogP contribution >= 0.6 is 0 Å². The van der Waals surface area contributed by atoms with Crippen LogP contribution in [0.2, 0.25) is 0 Å². The number of hydrogen-bond donors (Lipinski definition) is 0. The van der Waals surface area contributed by atoms with Crippen molar-refractivity contribution in [3.63, 3.8) is 0 Å². The van der Waals surface area contributed by atoms with Crippen molar-refractivity contribution in [2.45, 2.75) is 0 Å². The van der Waals surface area contributed by atoms with Gasteiger partial charge >= 0.3 is 0 Å². The highest BCUT2D eigenvalue weighted by Crippen LogP contribution is 2.17. The Balaban J connectivity index is 2.18. The number of hydrogen-bond acceptors (Lipinski definition) is 4. The third kappa shape index (κ3) is 2.15. The molecule has 2 rings (SSSR count). The lowest BCUT2D eigenvalue weighted by atomic mass is 10.2. The number of rotatable bonds is 2. The summed E-state index contributed by atoms with van der Waals surface area (Å²) in [7, 11) is 2.11. The number of aldehydes is 1. The van der Waals surface area contributed by atoms with E-state index in [-0.39, 0.29) is 0 Å². The lowest BCUT2D eigenvalue weighted by Crippen LogP contribution is -2.44. The summed E-state index contributed by atoms with van der Waals surface area (Å²) in [6.45, 7) is 3.99. The Morgan fingerprint density at radius 1 is 1.33 bits per heavy atom. The van der Waals surface area contributed by atoms with Gasteiger partial charge in [0.25, 0.3) is 0 Å². The molecule has 1 fully saturated rings. The van der Waals surface area contributed by atoms with Gasteiger partial charge in [0, 0.05) is 32.4 Å². The van der Waals surface area contributed by atoms with Crippen LogP contribution in [0.25, 0.3) is 0 Å². The smallest absolute Gasteiger partial charge is 0.170 e. The zero-order valence-electron chi connectivity index (χ0n) is 8.89. The van der Waals surface area contributed by atoms with Crippen LogP contribution in [0, 0.1) is 0 Å². The molecule has 0 aromatic carbocycles. The van der Waals surface area contributed by atoms with Crippen molar-refractivity contribution in [3.05, 3.63) is 24.0 Å². The van der Waals surface area contributed by atoms with E-state index in [1.807, 2.05) is 12.1 Å². The Labute approximate surface area is 89.5 Å². The van der Waals surface area contributed by atoms with Gasteiger partial charge < -0.3 is 9.80 Å². The topological polar surface area (TPSA) is 36.4 Å². The zero-order valence-corrected chi connectivity index (χ0v) is 8.89. The van der Waals surface area contributed by atoms with E-state index in [9.17, 15) is 4.79 Å². The maximum absolute atomic E-state index is 10.8. The fourth-order valence-electron chi connectivity index (χ4n) is 1.81. The van der Waals surface area contributed by atoms with Gasteiger partial charge in [0.15, 0.2) is 6.29 Å². The van der Waals surface area contributed by atoms with Crippen LogP contribution in [0.15, 0.2) is 18.3 Å². The lowest BCUT2D eigenvalue weighted by molar-refractivity contribution is 0.111. The Bertz CT molecular complexity index is 345. The zero-order chi connectivity index (χ0) is 10.7. The number of piperazine rings is 1. The van der Waals surface area contributed by atoms with Crippen molar-refractivity contribution >= 4 is 12.0 Å². The molecule has 1 aliphatic heterocycles. The molecule has 1 aromatic heterocycles. The molecular formula is C11H15N3O. The van der Waals surface area contributed by atoms with Gasteiger partial charge in [0.05, 0.1) is 5.69 Å². The third-order valence-corrected chi connectivity index (χ3v) is 2.77. The second kappa shape index (κ2) is 4.40. The summed E-state index contributed by atoms with van der Waals surface area (Å²) in [5, 5.41) is 0. The summed E-state index contributed by atoms with van der Waals surface area (Å²) in [6.07, 6.45) is 2.48. The standard InChI is InChI=1S/C11H15N3O/c1-13-5-7-14(8-6-13)11-3-2-4-12-10(11)9-15/h2-4,9H,5-8H2,1H3. The molecule has 0 saturated carbocycles. The summed E-state index contributed by atoms with van der Waals surface area (Å²) in [4.78, 5) is 19.4. The van der Waals surface area contributed by atoms with Crippen LogP contribution in [0.5, 0.6) is 0 Å². The molecule has 1 saturated heterocycles. The maximum atomic E-state index is 10.8. The quantitative estimate of drug-likeness (QED) is 0.664. The predicted octanol–water partition coefficient (Wildman–Crippen LogP) is 0.646. The predicted molar refractivity (Wildman–Crippen MR) is 59.3 cm³/mol. The van der Waals surface area contributed by atoms with Crippen molar-refractivity contribution in [3.8, 4) is 0 Å². The number of carbonyl (C=O) groups excluding carboxylic acids is 1. The van der Waals surface area contributed by atoms with Gasteiger partial charge in [-0.15, -0.1) is 0 Å². The maximum Gasteiger partial charge on any atom is 0.170 e. The molecule has 0 radical (unpaired) electrons. The summed E-state index contributed by atoms with van der Waals surface area (Å²) < 4.78 is 0. The van der Waals surface area contributed by atoms with Crippen molar-refractivity contribution in [1.29, 1.82) is 0 Å². The highest BCUT2D eigenvalue weighted by atomic mass is 16.1. The number of pyridine rings is 1. The Morgan fingerprint density at radius 3 is 2.73 bits per heavy atom. The van der Waals surface area contributed by atoms with Crippen LogP contribution in [0.3, 0.4) is 0 Å². The lowest BCUT2D eigenvalue weighted by Gasteiger charge is -2.34. The molecule has 2 heterocycles. The molecule has 0 atom stereocenters. The molecule has 0 amide bonds. The average Bonchev–Trinajstić information content (AvgIpc) is 2.30. The van der Waals surface area contributed by atoms with Crippen LogP contribution in [-0.4, -0.2) is 49.4 Å². The van der Waals surface area contributed by atoms with Gasteiger partial charge in [0.1, 0.15) is 5.69 Å². The Morgan fingerprint density at radius 2 is 2.07 bits per heavy atom.